The maximum absolute atomic E-state index is 9.52. The lowest BCUT2D eigenvalue weighted by atomic mass is 9.94. The molecule has 2 aliphatic rings. The second-order valence-electron chi connectivity index (χ2n) is 13.0. The Morgan fingerprint density at radius 2 is 0.961 bits per heavy atom. The Balaban J connectivity index is 0.000000150. The van der Waals surface area contributed by atoms with Gasteiger partial charge in [0.15, 0.2) is 0 Å². The van der Waals surface area contributed by atoms with E-state index in [1.54, 1.807) is 4.68 Å². The van der Waals surface area contributed by atoms with Gasteiger partial charge < -0.3 is 9.84 Å². The van der Waals surface area contributed by atoms with E-state index in [0.29, 0.717) is 12.5 Å². The van der Waals surface area contributed by atoms with E-state index in [0.717, 1.165) is 37.6 Å². The van der Waals surface area contributed by atoms with E-state index in [1.807, 2.05) is 55.4 Å². The normalized spacial score (nSPS) is 15.0. The number of alkyl halides is 1. The van der Waals surface area contributed by atoms with Crippen molar-refractivity contribution in [2.75, 3.05) is 26.2 Å². The third-order valence-corrected chi connectivity index (χ3v) is 9.37. The molecule has 0 radical (unpaired) electrons. The van der Waals surface area contributed by atoms with Gasteiger partial charge in [-0.25, -0.2) is 0 Å². The van der Waals surface area contributed by atoms with Crippen molar-refractivity contribution in [3.63, 3.8) is 0 Å². The van der Waals surface area contributed by atoms with Crippen LogP contribution in [0.25, 0.3) is 0 Å². The summed E-state index contributed by atoms with van der Waals surface area (Å²) in [6.07, 6.45) is 3.93. The molecule has 0 spiro atoms. The van der Waals surface area contributed by atoms with Gasteiger partial charge in [-0.3, -0.25) is 19.2 Å². The molecule has 0 atom stereocenters. The molecule has 0 saturated carbocycles. The molecule has 6 aromatic rings. The average molecular weight is 703 g/mol. The number of β-amino-alcohol motifs (C(OH)–C–C–N with tert-alkyl or cyclic N) is 1. The van der Waals surface area contributed by atoms with Gasteiger partial charge in [0.25, 0.3) is 0 Å². The van der Waals surface area contributed by atoms with Crippen molar-refractivity contribution in [3.8, 4) is 0 Å². The zero-order valence-corrected chi connectivity index (χ0v) is 30.1. The Hall–Kier alpha value is -4.57. The number of halogens is 1. The first kappa shape index (κ1) is 36.2. The minimum Gasteiger partial charge on any atom is -0.390 e. The van der Waals surface area contributed by atoms with Crippen LogP contribution in [-0.4, -0.2) is 72.9 Å². The largest absolute Gasteiger partial charge is 0.390 e. The lowest BCUT2D eigenvalue weighted by Crippen LogP contribution is -2.53. The zero-order valence-electron chi connectivity index (χ0n) is 29.3. The highest BCUT2D eigenvalue weighted by Gasteiger charge is 2.35. The fourth-order valence-electron chi connectivity index (χ4n) is 6.53. The number of nitrogens with zero attached hydrogens (tertiary/aromatic N) is 6. The summed E-state index contributed by atoms with van der Waals surface area (Å²) < 4.78 is 9.56. The van der Waals surface area contributed by atoms with Gasteiger partial charge in [0, 0.05) is 52.7 Å². The molecule has 4 heterocycles. The van der Waals surface area contributed by atoms with Crippen LogP contribution in [0.15, 0.2) is 146 Å². The topological polar surface area (TPSA) is 71.6 Å². The fourth-order valence-corrected chi connectivity index (χ4v) is 6.67. The molecule has 2 aromatic heterocycles. The molecule has 264 valence electrons. The Bertz CT molecular complexity index is 1780. The van der Waals surface area contributed by atoms with E-state index < -0.39 is 0 Å². The third kappa shape index (κ3) is 10.0. The molecule has 0 unspecified atom stereocenters. The Morgan fingerprint density at radius 1 is 0.588 bits per heavy atom. The van der Waals surface area contributed by atoms with Crippen LogP contribution < -0.4 is 0 Å². The number of rotatable bonds is 10. The summed E-state index contributed by atoms with van der Waals surface area (Å²) in [5.41, 5.74) is 7.15. The lowest BCUT2D eigenvalue weighted by Gasteiger charge is -2.44. The van der Waals surface area contributed by atoms with E-state index in [9.17, 15) is 5.11 Å². The van der Waals surface area contributed by atoms with Crippen molar-refractivity contribution in [3.05, 3.63) is 179 Å². The van der Waals surface area contributed by atoms with E-state index in [2.05, 4.69) is 129 Å². The van der Waals surface area contributed by atoms with E-state index in [4.69, 9.17) is 16.3 Å². The summed E-state index contributed by atoms with van der Waals surface area (Å²) in [6.45, 7) is 3.99. The quantitative estimate of drug-likeness (QED) is 0.155. The van der Waals surface area contributed by atoms with Gasteiger partial charge in [0.2, 0.25) is 0 Å². The highest BCUT2D eigenvalue weighted by Crippen LogP contribution is 2.34. The van der Waals surface area contributed by atoms with Gasteiger partial charge in [-0.15, -0.1) is 11.6 Å². The summed E-state index contributed by atoms with van der Waals surface area (Å²) in [4.78, 5) is 4.79. The summed E-state index contributed by atoms with van der Waals surface area (Å²) >= 11 is 5.46. The zero-order chi connectivity index (χ0) is 35.4. The molecule has 1 N–H and O–H groups in total. The predicted octanol–water partition coefficient (Wildman–Crippen LogP) is 7.02. The standard InChI is InChI=1S/C21H23N3O.C16H17NO.C5H7ClN2/c1-23-13-12-19(22-23)16-25-20-14-24(15-20)21(17-8-4-2-5-9-17)18-10-6-3-7-11-18;18-15-11-17(12-15)16(13-7-3-1-4-8-13)14-9-5-2-6-10-14;1-8-3-2-5(4-6)7-8/h2-13,20-21H,14-16H2,1H3;1-10,15-16,18H,11-12H2;2-3H,4H2,1H3. The van der Waals surface area contributed by atoms with Gasteiger partial charge in [0.05, 0.1) is 48.2 Å². The molecule has 0 aliphatic carbocycles. The van der Waals surface area contributed by atoms with Gasteiger partial charge in [0.1, 0.15) is 0 Å². The first-order chi connectivity index (χ1) is 25.0. The molecular formula is C42H47ClN6O2. The third-order valence-electron chi connectivity index (χ3n) is 9.10. The van der Waals surface area contributed by atoms with Gasteiger partial charge in [-0.05, 0) is 34.4 Å². The highest BCUT2D eigenvalue weighted by molar-refractivity contribution is 6.16. The second kappa shape index (κ2) is 18.1. The molecule has 2 saturated heterocycles. The average Bonchev–Trinajstić information content (AvgIpc) is 3.77. The van der Waals surface area contributed by atoms with Crippen molar-refractivity contribution in [2.45, 2.75) is 36.8 Å². The number of aryl methyl sites for hydroxylation is 2. The maximum Gasteiger partial charge on any atom is 0.0911 e. The van der Waals surface area contributed by atoms with Crippen LogP contribution in [0, 0.1) is 0 Å². The first-order valence-electron chi connectivity index (χ1n) is 17.5. The van der Waals surface area contributed by atoms with Gasteiger partial charge >= 0.3 is 0 Å². The van der Waals surface area contributed by atoms with Crippen LogP contribution in [0.4, 0.5) is 0 Å². The van der Waals surface area contributed by atoms with E-state index in [1.165, 1.54) is 22.3 Å². The predicted molar refractivity (Wildman–Crippen MR) is 203 cm³/mol. The summed E-state index contributed by atoms with van der Waals surface area (Å²) in [6, 6.07) is 46.8. The van der Waals surface area contributed by atoms with Crippen molar-refractivity contribution >= 4 is 11.6 Å². The minimum atomic E-state index is -0.167. The number of likely N-dealkylation sites (tertiary alicyclic amines) is 2. The van der Waals surface area contributed by atoms with Crippen molar-refractivity contribution < 1.29 is 9.84 Å². The maximum atomic E-state index is 9.52. The van der Waals surface area contributed by atoms with Crippen LogP contribution in [0.2, 0.25) is 0 Å². The Kier molecular flexibility index (Phi) is 12.8. The second-order valence-corrected chi connectivity index (χ2v) is 13.3. The smallest absolute Gasteiger partial charge is 0.0911 e. The van der Waals surface area contributed by atoms with Gasteiger partial charge in [-0.1, -0.05) is 121 Å². The summed E-state index contributed by atoms with van der Waals surface area (Å²) in [5.74, 6) is 0.501. The SMILES string of the molecule is Cn1ccc(CCl)n1.Cn1ccc(COC2CN(C(c3ccccc3)c3ccccc3)C2)n1.OC1CN(C(c2ccccc2)c2ccccc2)C1. The van der Waals surface area contributed by atoms with E-state index in [-0.39, 0.29) is 24.3 Å². The lowest BCUT2D eigenvalue weighted by molar-refractivity contribution is -0.0750. The molecular weight excluding hydrogens is 656 g/mol. The number of benzene rings is 4. The Morgan fingerprint density at radius 3 is 1.27 bits per heavy atom. The number of aromatic nitrogens is 4. The Labute approximate surface area is 306 Å². The first-order valence-corrected chi connectivity index (χ1v) is 18.0. The molecule has 8 nitrogen and oxygen atoms in total. The number of hydrogen-bond acceptors (Lipinski definition) is 6. The fraction of sp³-hybridized carbons (Fsp3) is 0.286. The highest BCUT2D eigenvalue weighted by atomic mass is 35.5. The summed E-state index contributed by atoms with van der Waals surface area (Å²) in [5, 5.41) is 17.9. The number of aliphatic hydroxyl groups excluding tert-OH is 1. The van der Waals surface area contributed by atoms with Crippen LogP contribution in [0.5, 0.6) is 0 Å². The van der Waals surface area contributed by atoms with Gasteiger partial charge in [-0.2, -0.15) is 10.2 Å². The van der Waals surface area contributed by atoms with Crippen LogP contribution in [-0.2, 0) is 31.3 Å². The van der Waals surface area contributed by atoms with Crippen molar-refractivity contribution in [1.29, 1.82) is 0 Å². The van der Waals surface area contributed by atoms with Crippen LogP contribution in [0.3, 0.4) is 0 Å². The number of hydrogen-bond donors (Lipinski definition) is 1. The molecule has 9 heteroatoms. The van der Waals surface area contributed by atoms with Crippen molar-refractivity contribution in [2.24, 2.45) is 14.1 Å². The molecule has 51 heavy (non-hydrogen) atoms. The molecule has 2 aliphatic heterocycles. The molecule has 0 amide bonds. The number of aliphatic hydroxyl groups is 1. The monoisotopic (exact) mass is 702 g/mol. The van der Waals surface area contributed by atoms with E-state index >= 15 is 0 Å². The van der Waals surface area contributed by atoms with Crippen LogP contribution >= 0.6 is 11.6 Å². The molecule has 0 bridgehead atoms. The number of ether oxygens (including phenoxy) is 1. The summed E-state index contributed by atoms with van der Waals surface area (Å²) in [7, 11) is 3.80. The minimum absolute atomic E-state index is 0.167. The van der Waals surface area contributed by atoms with Crippen molar-refractivity contribution in [1.82, 2.24) is 29.4 Å². The molecule has 2 fully saturated rings. The molecule has 4 aromatic carbocycles. The molecule has 8 rings (SSSR count). The van der Waals surface area contributed by atoms with Crippen LogP contribution in [0.1, 0.15) is 45.7 Å².